The fourth-order valence-electron chi connectivity index (χ4n) is 1.54. The van der Waals surface area contributed by atoms with Crippen LogP contribution in [0.2, 0.25) is 0 Å². The van der Waals surface area contributed by atoms with Crippen molar-refractivity contribution >= 4 is 11.8 Å². The topological polar surface area (TPSA) is 58.2 Å². The van der Waals surface area contributed by atoms with Crippen LogP contribution in [0.25, 0.3) is 0 Å². The molecule has 0 heterocycles. The number of carbonyl (C=O) groups is 2. The van der Waals surface area contributed by atoms with Crippen molar-refractivity contribution in [3.63, 3.8) is 0 Å². The van der Waals surface area contributed by atoms with Crippen molar-refractivity contribution in [2.45, 2.75) is 52.4 Å². The minimum Gasteiger partial charge on any atom is -0.356 e. The Labute approximate surface area is 110 Å². The summed E-state index contributed by atoms with van der Waals surface area (Å²) in [4.78, 5) is 21.2. The lowest BCUT2D eigenvalue weighted by Crippen LogP contribution is -2.20. The van der Waals surface area contributed by atoms with E-state index in [1.54, 1.807) is 13.8 Å². The van der Waals surface area contributed by atoms with Gasteiger partial charge in [0, 0.05) is 26.9 Å². The summed E-state index contributed by atoms with van der Waals surface area (Å²) < 4.78 is 0. The smallest absolute Gasteiger partial charge is 0.216 e. The van der Waals surface area contributed by atoms with Crippen molar-refractivity contribution in [2.24, 2.45) is 0 Å². The minimum atomic E-state index is 0.0460. The minimum absolute atomic E-state index is 0.0460. The van der Waals surface area contributed by atoms with Crippen LogP contribution in [0, 0.1) is 0 Å². The zero-order valence-electron chi connectivity index (χ0n) is 11.6. The average molecular weight is 254 g/mol. The molecule has 0 fully saturated rings. The first-order chi connectivity index (χ1) is 8.63. The number of amides is 2. The summed E-state index contributed by atoms with van der Waals surface area (Å²) in [5.41, 5.74) is 0. The zero-order chi connectivity index (χ0) is 13.6. The second-order valence-corrected chi connectivity index (χ2v) is 4.43. The van der Waals surface area contributed by atoms with Gasteiger partial charge >= 0.3 is 0 Å². The van der Waals surface area contributed by atoms with Crippen LogP contribution in [0.4, 0.5) is 0 Å². The van der Waals surface area contributed by atoms with E-state index in [2.05, 4.69) is 22.8 Å². The number of allylic oxidation sites excluding steroid dienone is 2. The molecule has 4 nitrogen and oxygen atoms in total. The van der Waals surface area contributed by atoms with Gasteiger partial charge in [-0.15, -0.1) is 0 Å². The second-order valence-electron chi connectivity index (χ2n) is 4.43. The van der Waals surface area contributed by atoms with Crippen LogP contribution < -0.4 is 10.6 Å². The van der Waals surface area contributed by atoms with Gasteiger partial charge in [-0.1, -0.05) is 12.2 Å². The molecule has 0 aromatic rings. The molecule has 2 amide bonds. The molecular weight excluding hydrogens is 228 g/mol. The Hall–Kier alpha value is -1.32. The fourth-order valence-corrected chi connectivity index (χ4v) is 1.54. The van der Waals surface area contributed by atoms with Crippen LogP contribution in [0.1, 0.15) is 52.4 Å². The molecule has 0 spiro atoms. The van der Waals surface area contributed by atoms with E-state index in [9.17, 15) is 9.59 Å². The first kappa shape index (κ1) is 16.7. The molecule has 2 N–H and O–H groups in total. The van der Waals surface area contributed by atoms with Crippen molar-refractivity contribution < 1.29 is 9.59 Å². The highest BCUT2D eigenvalue weighted by molar-refractivity contribution is 5.72. The Morgan fingerprint density at radius 3 is 1.50 bits per heavy atom. The van der Waals surface area contributed by atoms with Crippen LogP contribution in [0.3, 0.4) is 0 Å². The van der Waals surface area contributed by atoms with Gasteiger partial charge in [-0.2, -0.15) is 0 Å². The number of rotatable bonds is 10. The van der Waals surface area contributed by atoms with E-state index in [-0.39, 0.29) is 11.8 Å². The lowest BCUT2D eigenvalue weighted by atomic mass is 10.2. The molecule has 0 aliphatic rings. The molecule has 0 aromatic carbocycles. The summed E-state index contributed by atoms with van der Waals surface area (Å²) in [7, 11) is 0. The molecule has 4 heteroatoms. The molecule has 0 aliphatic heterocycles. The van der Waals surface area contributed by atoms with Gasteiger partial charge < -0.3 is 10.6 Å². The quantitative estimate of drug-likeness (QED) is 0.463. The van der Waals surface area contributed by atoms with Gasteiger partial charge in [0.05, 0.1) is 0 Å². The van der Waals surface area contributed by atoms with Gasteiger partial charge in [-0.05, 0) is 38.5 Å². The molecule has 0 saturated carbocycles. The van der Waals surface area contributed by atoms with E-state index in [0.29, 0.717) is 0 Å². The van der Waals surface area contributed by atoms with E-state index in [0.717, 1.165) is 51.6 Å². The van der Waals surface area contributed by atoms with Gasteiger partial charge in [0.1, 0.15) is 0 Å². The Balaban J connectivity index is 3.14. The highest BCUT2D eigenvalue weighted by Crippen LogP contribution is 2.00. The van der Waals surface area contributed by atoms with Crippen LogP contribution in [0.5, 0.6) is 0 Å². The molecule has 0 atom stereocenters. The van der Waals surface area contributed by atoms with E-state index in [1.165, 1.54) is 0 Å². The number of nitrogens with one attached hydrogen (secondary N) is 2. The summed E-state index contributed by atoms with van der Waals surface area (Å²) in [6.07, 6.45) is 10.8. The Morgan fingerprint density at radius 2 is 1.17 bits per heavy atom. The molecule has 0 saturated heterocycles. The van der Waals surface area contributed by atoms with E-state index in [1.807, 2.05) is 0 Å². The third-order valence-electron chi connectivity index (χ3n) is 2.51. The summed E-state index contributed by atoms with van der Waals surface area (Å²) in [5, 5.41) is 5.56. The van der Waals surface area contributed by atoms with Gasteiger partial charge in [0.2, 0.25) is 11.8 Å². The van der Waals surface area contributed by atoms with Gasteiger partial charge in [0.25, 0.3) is 0 Å². The molecular formula is C14H26N2O2. The number of carbonyl (C=O) groups excluding carboxylic acids is 2. The highest BCUT2D eigenvalue weighted by atomic mass is 16.1. The van der Waals surface area contributed by atoms with Crippen LogP contribution in [0.15, 0.2) is 12.2 Å². The predicted octanol–water partition coefficient (Wildman–Crippen LogP) is 2.16. The first-order valence-electron chi connectivity index (χ1n) is 6.77. The highest BCUT2D eigenvalue weighted by Gasteiger charge is 1.91. The van der Waals surface area contributed by atoms with Crippen LogP contribution in [-0.2, 0) is 9.59 Å². The molecule has 0 rings (SSSR count). The van der Waals surface area contributed by atoms with E-state index >= 15 is 0 Å². The Bertz CT molecular complexity index is 237. The predicted molar refractivity (Wildman–Crippen MR) is 74.2 cm³/mol. The standard InChI is InChI=1S/C14H26N2O2/c1-13(17)15-11-9-7-5-3-4-6-8-10-12-16-14(2)18/h3-4H,5-12H2,1-2H3,(H,15,17)(H,16,18)/b4-3+. The largest absolute Gasteiger partial charge is 0.356 e. The molecule has 0 unspecified atom stereocenters. The SMILES string of the molecule is CC(=O)NCCCC/C=C/CCCCNC(C)=O. The van der Waals surface area contributed by atoms with Gasteiger partial charge in [-0.25, -0.2) is 0 Å². The van der Waals surface area contributed by atoms with Crippen LogP contribution >= 0.6 is 0 Å². The van der Waals surface area contributed by atoms with Gasteiger partial charge in [0.15, 0.2) is 0 Å². The fraction of sp³-hybridized carbons (Fsp3) is 0.714. The van der Waals surface area contributed by atoms with E-state index in [4.69, 9.17) is 0 Å². The van der Waals surface area contributed by atoms with Crippen LogP contribution in [-0.4, -0.2) is 24.9 Å². The van der Waals surface area contributed by atoms with Crippen molar-refractivity contribution in [1.82, 2.24) is 10.6 Å². The normalized spacial score (nSPS) is 10.6. The average Bonchev–Trinajstić information content (AvgIpc) is 2.29. The van der Waals surface area contributed by atoms with Gasteiger partial charge in [-0.3, -0.25) is 9.59 Å². The van der Waals surface area contributed by atoms with E-state index < -0.39 is 0 Å². The van der Waals surface area contributed by atoms with Crippen molar-refractivity contribution in [3.8, 4) is 0 Å². The molecule has 0 aromatic heterocycles. The monoisotopic (exact) mass is 254 g/mol. The zero-order valence-corrected chi connectivity index (χ0v) is 11.6. The lowest BCUT2D eigenvalue weighted by molar-refractivity contribution is -0.119. The number of hydrogen-bond acceptors (Lipinski definition) is 2. The molecule has 0 aliphatic carbocycles. The second kappa shape index (κ2) is 12.1. The Kier molecular flexibility index (Phi) is 11.3. The first-order valence-corrected chi connectivity index (χ1v) is 6.77. The lowest BCUT2D eigenvalue weighted by Gasteiger charge is -2.00. The molecule has 18 heavy (non-hydrogen) atoms. The maximum atomic E-state index is 10.6. The number of unbranched alkanes of at least 4 members (excludes halogenated alkanes) is 4. The van der Waals surface area contributed by atoms with Crippen molar-refractivity contribution in [2.75, 3.05) is 13.1 Å². The third-order valence-corrected chi connectivity index (χ3v) is 2.51. The molecule has 0 bridgehead atoms. The number of hydrogen-bond donors (Lipinski definition) is 2. The van der Waals surface area contributed by atoms with Crippen molar-refractivity contribution in [3.05, 3.63) is 12.2 Å². The summed E-state index contributed by atoms with van der Waals surface area (Å²) >= 11 is 0. The molecule has 104 valence electrons. The summed E-state index contributed by atoms with van der Waals surface area (Å²) in [6.45, 7) is 4.64. The van der Waals surface area contributed by atoms with Crippen molar-refractivity contribution in [1.29, 1.82) is 0 Å². The summed E-state index contributed by atoms with van der Waals surface area (Å²) in [6, 6.07) is 0. The maximum Gasteiger partial charge on any atom is 0.216 e. The summed E-state index contributed by atoms with van der Waals surface area (Å²) in [5.74, 6) is 0.0921. The maximum absolute atomic E-state index is 10.6. The Morgan fingerprint density at radius 1 is 0.778 bits per heavy atom. The molecule has 0 radical (unpaired) electrons. The third kappa shape index (κ3) is 14.7.